The Morgan fingerprint density at radius 1 is 1.60 bits per heavy atom. The van der Waals surface area contributed by atoms with Crippen LogP contribution in [0, 0.1) is 0 Å². The van der Waals surface area contributed by atoms with Crippen LogP contribution in [0.3, 0.4) is 0 Å². The van der Waals surface area contributed by atoms with Crippen molar-refractivity contribution in [2.75, 3.05) is 6.54 Å². The molecule has 0 spiro atoms. The van der Waals surface area contributed by atoms with Crippen molar-refractivity contribution in [2.24, 2.45) is 4.99 Å². The Hall–Kier alpha value is -0.545. The normalized spacial score (nSPS) is 21.8. The second-order valence-electron chi connectivity index (χ2n) is 2.89. The first-order valence-electron chi connectivity index (χ1n) is 3.11. The van der Waals surface area contributed by atoms with E-state index >= 15 is 0 Å². The molecule has 0 saturated carbocycles. The van der Waals surface area contributed by atoms with Gasteiger partial charge in [-0.1, -0.05) is 0 Å². The van der Waals surface area contributed by atoms with Crippen LogP contribution in [0.4, 0.5) is 0 Å². The Morgan fingerprint density at radius 3 is 2.40 bits per heavy atom. The molecule has 0 aromatic carbocycles. The lowest BCUT2D eigenvalue weighted by Gasteiger charge is -2.16. The molecule has 0 saturated heterocycles. The molecular formula is C5H10BNO3. The fourth-order valence-corrected chi connectivity index (χ4v) is 0.750. The van der Waals surface area contributed by atoms with Crippen LogP contribution in [0.5, 0.6) is 0 Å². The van der Waals surface area contributed by atoms with E-state index in [9.17, 15) is 0 Å². The van der Waals surface area contributed by atoms with Crippen molar-refractivity contribution < 1.29 is 14.8 Å². The highest BCUT2D eigenvalue weighted by Crippen LogP contribution is 2.16. The van der Waals surface area contributed by atoms with Gasteiger partial charge in [-0.15, -0.1) is 0 Å². The molecule has 0 radical (unpaired) electrons. The van der Waals surface area contributed by atoms with Crippen LogP contribution in [-0.4, -0.2) is 35.1 Å². The maximum Gasteiger partial charge on any atom is 0.547 e. The third-order valence-corrected chi connectivity index (χ3v) is 1.22. The third-order valence-electron chi connectivity index (χ3n) is 1.22. The Kier molecular flexibility index (Phi) is 1.70. The Morgan fingerprint density at radius 2 is 2.20 bits per heavy atom. The summed E-state index contributed by atoms with van der Waals surface area (Å²) in [6, 6.07) is 0. The molecular weight excluding hydrogens is 133 g/mol. The molecule has 0 aliphatic carbocycles. The van der Waals surface area contributed by atoms with Crippen molar-refractivity contribution in [1.29, 1.82) is 0 Å². The van der Waals surface area contributed by atoms with Crippen molar-refractivity contribution in [3.63, 3.8) is 0 Å². The van der Waals surface area contributed by atoms with E-state index in [4.69, 9.17) is 14.8 Å². The van der Waals surface area contributed by atoms with Gasteiger partial charge in [-0.05, 0) is 13.8 Å². The average Bonchev–Trinajstić information content (AvgIpc) is 2.10. The highest BCUT2D eigenvalue weighted by molar-refractivity contribution is 6.78. The maximum absolute atomic E-state index is 8.58. The first kappa shape index (κ1) is 7.56. The van der Waals surface area contributed by atoms with E-state index in [-0.39, 0.29) is 11.4 Å². The molecule has 0 amide bonds. The van der Waals surface area contributed by atoms with Gasteiger partial charge in [-0.2, -0.15) is 0 Å². The summed E-state index contributed by atoms with van der Waals surface area (Å²) in [7, 11) is -1.57. The van der Waals surface area contributed by atoms with E-state index in [2.05, 4.69) is 4.99 Å². The van der Waals surface area contributed by atoms with Crippen molar-refractivity contribution in [2.45, 2.75) is 19.4 Å². The minimum Gasteiger partial charge on any atom is -0.476 e. The minimum atomic E-state index is -1.57. The molecule has 0 unspecified atom stereocenters. The average molecular weight is 143 g/mol. The van der Waals surface area contributed by atoms with Gasteiger partial charge in [0.05, 0.1) is 6.54 Å². The van der Waals surface area contributed by atoms with Crippen molar-refractivity contribution in [3.8, 4) is 0 Å². The largest absolute Gasteiger partial charge is 0.547 e. The lowest BCUT2D eigenvalue weighted by atomic mass is 9.92. The van der Waals surface area contributed by atoms with Crippen LogP contribution < -0.4 is 0 Å². The molecule has 10 heavy (non-hydrogen) atoms. The highest BCUT2D eigenvalue weighted by Gasteiger charge is 2.33. The zero-order valence-electron chi connectivity index (χ0n) is 6.03. The lowest BCUT2D eigenvalue weighted by Crippen LogP contribution is -2.31. The second kappa shape index (κ2) is 2.25. The molecule has 1 aliphatic heterocycles. The molecule has 0 aromatic rings. The monoisotopic (exact) mass is 143 g/mol. The molecule has 0 bridgehead atoms. The van der Waals surface area contributed by atoms with Gasteiger partial charge >= 0.3 is 7.12 Å². The minimum absolute atomic E-state index is 0.0185. The highest BCUT2D eigenvalue weighted by atomic mass is 16.5. The third kappa shape index (κ3) is 1.49. The number of nitrogens with zero attached hydrogens (tertiary/aromatic N) is 1. The quantitative estimate of drug-likeness (QED) is 0.472. The second-order valence-corrected chi connectivity index (χ2v) is 2.89. The topological polar surface area (TPSA) is 62.1 Å². The summed E-state index contributed by atoms with van der Waals surface area (Å²) in [5.74, 6) is 0.0185. The maximum atomic E-state index is 8.58. The molecule has 56 valence electrons. The SMILES string of the molecule is CC1(C)CN=C(B(O)O)O1. The summed E-state index contributed by atoms with van der Waals surface area (Å²) in [5.41, 5.74) is -0.376. The molecule has 4 nitrogen and oxygen atoms in total. The first-order valence-corrected chi connectivity index (χ1v) is 3.11. The zero-order valence-corrected chi connectivity index (χ0v) is 6.03. The molecule has 0 fully saturated rings. The summed E-state index contributed by atoms with van der Waals surface area (Å²) in [6.45, 7) is 4.16. The molecule has 2 N–H and O–H groups in total. The van der Waals surface area contributed by atoms with Gasteiger partial charge in [0.1, 0.15) is 5.60 Å². The predicted molar refractivity (Wildman–Crippen MR) is 37.7 cm³/mol. The summed E-state index contributed by atoms with van der Waals surface area (Å²) >= 11 is 0. The van der Waals surface area contributed by atoms with E-state index in [0.717, 1.165) is 0 Å². The number of aliphatic imine (C=N–C) groups is 1. The van der Waals surface area contributed by atoms with Crippen LogP contribution in [0.2, 0.25) is 0 Å². The van der Waals surface area contributed by atoms with Gasteiger partial charge in [0.25, 0.3) is 0 Å². The Bertz CT molecular complexity index is 166. The van der Waals surface area contributed by atoms with Gasteiger partial charge in [0.15, 0.2) is 0 Å². The number of hydrogen-bond acceptors (Lipinski definition) is 4. The van der Waals surface area contributed by atoms with Crippen molar-refractivity contribution in [1.82, 2.24) is 0 Å². The Balaban J connectivity index is 2.55. The van der Waals surface area contributed by atoms with E-state index in [1.54, 1.807) is 0 Å². The van der Waals surface area contributed by atoms with Gasteiger partial charge in [0, 0.05) is 0 Å². The van der Waals surface area contributed by atoms with Crippen molar-refractivity contribution >= 4 is 12.9 Å². The first-order chi connectivity index (χ1) is 4.51. The number of ether oxygens (including phenoxy) is 1. The van der Waals surface area contributed by atoms with E-state index in [1.807, 2.05) is 13.8 Å². The van der Waals surface area contributed by atoms with Crippen molar-refractivity contribution in [3.05, 3.63) is 0 Å². The fourth-order valence-electron chi connectivity index (χ4n) is 0.750. The zero-order chi connectivity index (χ0) is 7.78. The van der Waals surface area contributed by atoms with Gasteiger partial charge in [0.2, 0.25) is 5.80 Å². The molecule has 0 aromatic heterocycles. The van der Waals surface area contributed by atoms with E-state index in [0.29, 0.717) is 6.54 Å². The molecule has 1 rings (SSSR count). The summed E-state index contributed by atoms with van der Waals surface area (Å²) < 4.78 is 5.06. The van der Waals surface area contributed by atoms with Crippen LogP contribution in [0.25, 0.3) is 0 Å². The lowest BCUT2D eigenvalue weighted by molar-refractivity contribution is 0.130. The summed E-state index contributed by atoms with van der Waals surface area (Å²) in [6.07, 6.45) is 0. The molecule has 0 atom stereocenters. The van der Waals surface area contributed by atoms with Gasteiger partial charge in [-0.25, -0.2) is 0 Å². The fraction of sp³-hybridized carbons (Fsp3) is 0.800. The van der Waals surface area contributed by atoms with Crippen LogP contribution in [-0.2, 0) is 4.74 Å². The molecule has 1 aliphatic rings. The summed E-state index contributed by atoms with van der Waals surface area (Å²) in [4.78, 5) is 3.78. The van der Waals surface area contributed by atoms with Gasteiger partial charge < -0.3 is 14.8 Å². The van der Waals surface area contributed by atoms with Gasteiger partial charge in [-0.3, -0.25) is 4.99 Å². The van der Waals surface area contributed by atoms with E-state index < -0.39 is 7.12 Å². The van der Waals surface area contributed by atoms with Crippen LogP contribution in [0.15, 0.2) is 4.99 Å². The number of hydrogen-bond donors (Lipinski definition) is 2. The Labute approximate surface area is 59.7 Å². The van der Waals surface area contributed by atoms with Crippen LogP contribution in [0.1, 0.15) is 13.8 Å². The van der Waals surface area contributed by atoms with Crippen LogP contribution >= 0.6 is 0 Å². The molecule has 1 heterocycles. The molecule has 5 heteroatoms. The van der Waals surface area contributed by atoms with E-state index in [1.165, 1.54) is 0 Å². The summed E-state index contributed by atoms with van der Waals surface area (Å²) in [5, 5.41) is 17.2. The number of rotatable bonds is 1. The smallest absolute Gasteiger partial charge is 0.476 e. The predicted octanol–water partition coefficient (Wildman–Crippen LogP) is -0.794. The standard InChI is InChI=1S/C5H10BNO3/c1-5(2)3-7-4(10-5)6(8)9/h8-9H,3H2,1-2H3.